The summed E-state index contributed by atoms with van der Waals surface area (Å²) in [7, 11) is 0. The molecule has 0 aromatic carbocycles. The molecule has 0 spiro atoms. The topological polar surface area (TPSA) is 24.9 Å². The Morgan fingerprint density at radius 2 is 2.41 bits per heavy atom. The lowest BCUT2D eigenvalue weighted by atomic mass is 10.0. The van der Waals surface area contributed by atoms with Crippen LogP contribution in [0.2, 0.25) is 0 Å². The third-order valence-electron chi connectivity index (χ3n) is 3.19. The van der Waals surface area contributed by atoms with Gasteiger partial charge >= 0.3 is 0 Å². The van der Waals surface area contributed by atoms with Crippen LogP contribution in [0.3, 0.4) is 0 Å². The fourth-order valence-electron chi connectivity index (χ4n) is 2.36. The Morgan fingerprint density at radius 1 is 1.53 bits per heavy atom. The number of thiazole rings is 1. The van der Waals surface area contributed by atoms with Crippen molar-refractivity contribution in [2.24, 2.45) is 0 Å². The molecule has 1 aliphatic rings. The van der Waals surface area contributed by atoms with Crippen molar-refractivity contribution >= 4 is 23.1 Å². The monoisotopic (exact) mass is 270 g/mol. The average molecular weight is 270 g/mol. The number of aromatic nitrogens is 1. The van der Waals surface area contributed by atoms with Crippen LogP contribution < -0.4 is 5.32 Å². The van der Waals surface area contributed by atoms with Gasteiger partial charge in [-0.3, -0.25) is 0 Å². The molecule has 2 nitrogen and oxygen atoms in total. The first-order valence-electron chi connectivity index (χ1n) is 6.55. The lowest BCUT2D eigenvalue weighted by Gasteiger charge is -2.29. The number of nitrogens with one attached hydrogen (secondary N) is 1. The minimum atomic E-state index is 0.607. The number of rotatable bonds is 5. The van der Waals surface area contributed by atoms with E-state index >= 15 is 0 Å². The highest BCUT2D eigenvalue weighted by molar-refractivity contribution is 8.00. The summed E-state index contributed by atoms with van der Waals surface area (Å²) >= 11 is 3.96. The summed E-state index contributed by atoms with van der Waals surface area (Å²) < 4.78 is 0. The van der Waals surface area contributed by atoms with Crippen LogP contribution in [-0.4, -0.2) is 28.6 Å². The average Bonchev–Trinajstić information content (AvgIpc) is 2.75. The third-order valence-corrected chi connectivity index (χ3v) is 5.70. The fraction of sp³-hybridized carbons (Fsp3) is 0.769. The van der Waals surface area contributed by atoms with Crippen LogP contribution >= 0.6 is 23.1 Å². The van der Waals surface area contributed by atoms with Gasteiger partial charge in [-0.2, -0.15) is 11.8 Å². The zero-order chi connectivity index (χ0) is 12.1. The second-order valence-electron chi connectivity index (χ2n) is 4.66. The first-order valence-corrected chi connectivity index (χ1v) is 8.48. The SMILES string of the molecule is CCNC(Cc1nc(C)cs1)C1CCCCS1. The summed E-state index contributed by atoms with van der Waals surface area (Å²) in [4.78, 5) is 4.60. The first kappa shape index (κ1) is 13.4. The zero-order valence-electron chi connectivity index (χ0n) is 10.7. The van der Waals surface area contributed by atoms with Gasteiger partial charge in [0, 0.05) is 28.8 Å². The van der Waals surface area contributed by atoms with E-state index in [0.717, 1.165) is 23.9 Å². The third kappa shape index (κ3) is 3.97. The summed E-state index contributed by atoms with van der Waals surface area (Å²) in [6.07, 6.45) is 5.27. The lowest BCUT2D eigenvalue weighted by molar-refractivity contribution is 0.471. The second-order valence-corrected chi connectivity index (χ2v) is 6.95. The van der Waals surface area contributed by atoms with Crippen molar-refractivity contribution in [3.63, 3.8) is 0 Å². The quantitative estimate of drug-likeness (QED) is 0.889. The van der Waals surface area contributed by atoms with E-state index in [0.29, 0.717) is 6.04 Å². The van der Waals surface area contributed by atoms with E-state index in [9.17, 15) is 0 Å². The predicted molar refractivity (Wildman–Crippen MR) is 78.1 cm³/mol. The molecule has 0 bridgehead atoms. The van der Waals surface area contributed by atoms with Crippen LogP contribution in [0.5, 0.6) is 0 Å². The molecule has 1 aromatic heterocycles. The van der Waals surface area contributed by atoms with E-state index in [4.69, 9.17) is 0 Å². The maximum Gasteiger partial charge on any atom is 0.0944 e. The Morgan fingerprint density at radius 3 is 3.00 bits per heavy atom. The van der Waals surface area contributed by atoms with Crippen molar-refractivity contribution in [1.29, 1.82) is 0 Å². The second kappa shape index (κ2) is 6.76. The van der Waals surface area contributed by atoms with Crippen LogP contribution in [0.4, 0.5) is 0 Å². The largest absolute Gasteiger partial charge is 0.313 e. The molecular formula is C13H22N2S2. The van der Waals surface area contributed by atoms with Crippen LogP contribution in [0.15, 0.2) is 5.38 Å². The first-order chi connectivity index (χ1) is 8.29. The highest BCUT2D eigenvalue weighted by Gasteiger charge is 2.24. The number of nitrogens with zero attached hydrogens (tertiary/aromatic N) is 1. The van der Waals surface area contributed by atoms with Gasteiger partial charge in [0.2, 0.25) is 0 Å². The number of hydrogen-bond acceptors (Lipinski definition) is 4. The van der Waals surface area contributed by atoms with E-state index < -0.39 is 0 Å². The Balaban J connectivity index is 1.95. The van der Waals surface area contributed by atoms with E-state index in [1.54, 1.807) is 0 Å². The minimum absolute atomic E-state index is 0.607. The molecule has 0 saturated carbocycles. The Labute approximate surface area is 113 Å². The molecule has 0 aliphatic carbocycles. The molecule has 2 heterocycles. The number of aryl methyl sites for hydroxylation is 1. The summed E-state index contributed by atoms with van der Waals surface area (Å²) in [5, 5.41) is 7.89. The van der Waals surface area contributed by atoms with Crippen molar-refractivity contribution in [2.45, 2.75) is 50.8 Å². The van der Waals surface area contributed by atoms with E-state index in [1.807, 2.05) is 11.3 Å². The fourth-order valence-corrected chi connectivity index (χ4v) is 4.63. The van der Waals surface area contributed by atoms with Gasteiger partial charge in [0.25, 0.3) is 0 Å². The highest BCUT2D eigenvalue weighted by Crippen LogP contribution is 2.29. The molecule has 1 aliphatic heterocycles. The van der Waals surface area contributed by atoms with Crippen LogP contribution in [0.25, 0.3) is 0 Å². The van der Waals surface area contributed by atoms with Crippen molar-refractivity contribution in [3.8, 4) is 0 Å². The molecule has 1 saturated heterocycles. The molecule has 4 heteroatoms. The van der Waals surface area contributed by atoms with E-state index in [2.05, 4.69) is 41.3 Å². The predicted octanol–water partition coefficient (Wildman–Crippen LogP) is 3.26. The number of likely N-dealkylation sites (N-methyl/N-ethyl adjacent to an activating group) is 1. The van der Waals surface area contributed by atoms with Gasteiger partial charge < -0.3 is 5.32 Å². The standard InChI is InChI=1S/C13H22N2S2/c1-3-14-11(12-6-4-5-7-16-12)8-13-15-10(2)9-17-13/h9,11-12,14H,3-8H2,1-2H3. The van der Waals surface area contributed by atoms with Crippen molar-refractivity contribution < 1.29 is 0 Å². The maximum absolute atomic E-state index is 4.60. The van der Waals surface area contributed by atoms with Gasteiger partial charge in [-0.05, 0) is 32.1 Å². The van der Waals surface area contributed by atoms with Gasteiger partial charge in [-0.25, -0.2) is 4.98 Å². The van der Waals surface area contributed by atoms with Crippen molar-refractivity contribution in [2.75, 3.05) is 12.3 Å². The molecule has 0 amide bonds. The molecule has 1 aromatic rings. The molecule has 2 rings (SSSR count). The summed E-state index contributed by atoms with van der Waals surface area (Å²) in [6, 6.07) is 0.607. The molecule has 2 unspecified atom stereocenters. The highest BCUT2D eigenvalue weighted by atomic mass is 32.2. The molecule has 96 valence electrons. The van der Waals surface area contributed by atoms with Crippen LogP contribution in [0, 0.1) is 6.92 Å². The molecular weight excluding hydrogens is 248 g/mol. The minimum Gasteiger partial charge on any atom is -0.313 e. The van der Waals surface area contributed by atoms with Crippen molar-refractivity contribution in [1.82, 2.24) is 10.3 Å². The molecule has 1 N–H and O–H groups in total. The van der Waals surface area contributed by atoms with Gasteiger partial charge in [0.05, 0.1) is 5.01 Å². The molecule has 17 heavy (non-hydrogen) atoms. The smallest absolute Gasteiger partial charge is 0.0944 e. The van der Waals surface area contributed by atoms with Crippen molar-refractivity contribution in [3.05, 3.63) is 16.1 Å². The Hall–Kier alpha value is -0.0600. The number of hydrogen-bond donors (Lipinski definition) is 1. The molecule has 1 fully saturated rings. The van der Waals surface area contributed by atoms with Crippen LogP contribution in [0.1, 0.15) is 36.9 Å². The van der Waals surface area contributed by atoms with Crippen LogP contribution in [-0.2, 0) is 6.42 Å². The van der Waals surface area contributed by atoms with E-state index in [-0.39, 0.29) is 0 Å². The van der Waals surface area contributed by atoms with Gasteiger partial charge in [-0.15, -0.1) is 11.3 Å². The maximum atomic E-state index is 4.60. The summed E-state index contributed by atoms with van der Waals surface area (Å²) in [5.41, 5.74) is 1.16. The van der Waals surface area contributed by atoms with Gasteiger partial charge in [0.1, 0.15) is 0 Å². The van der Waals surface area contributed by atoms with E-state index in [1.165, 1.54) is 30.0 Å². The van der Waals surface area contributed by atoms with Gasteiger partial charge in [0.15, 0.2) is 0 Å². The normalized spacial score (nSPS) is 22.6. The Kier molecular flexibility index (Phi) is 5.32. The molecule has 2 atom stereocenters. The lowest BCUT2D eigenvalue weighted by Crippen LogP contribution is -2.41. The summed E-state index contributed by atoms with van der Waals surface area (Å²) in [5.74, 6) is 1.34. The Bertz CT molecular complexity index is 332. The van der Waals surface area contributed by atoms with Gasteiger partial charge in [-0.1, -0.05) is 13.3 Å². The summed E-state index contributed by atoms with van der Waals surface area (Å²) in [6.45, 7) is 5.34. The zero-order valence-corrected chi connectivity index (χ0v) is 12.4. The number of thioether (sulfide) groups is 1. The molecule has 0 radical (unpaired) electrons.